The summed E-state index contributed by atoms with van der Waals surface area (Å²) in [5.41, 5.74) is 0.0516. The minimum absolute atomic E-state index is 0. The van der Waals surface area contributed by atoms with Crippen LogP contribution in [0.1, 0.15) is 53.4 Å². The smallest absolute Gasteiger partial charge is 0.223 e. The van der Waals surface area contributed by atoms with E-state index in [4.69, 9.17) is 0 Å². The Hall–Kier alpha value is -0.280. The van der Waals surface area contributed by atoms with E-state index in [0.717, 1.165) is 12.8 Å². The molecule has 2 rings (SSSR count). The number of fused-ring (bicyclic) bond motifs is 2. The number of piperidine rings is 1. The van der Waals surface area contributed by atoms with E-state index in [1.165, 1.54) is 12.8 Å². The van der Waals surface area contributed by atoms with E-state index in [0.29, 0.717) is 18.1 Å². The molecule has 2 aliphatic rings. The highest BCUT2D eigenvalue weighted by Gasteiger charge is 2.35. The summed E-state index contributed by atoms with van der Waals surface area (Å²) in [4.78, 5) is 12.2. The lowest BCUT2D eigenvalue weighted by Gasteiger charge is -2.33. The van der Waals surface area contributed by atoms with Gasteiger partial charge in [0.2, 0.25) is 5.91 Å². The molecule has 2 fully saturated rings. The minimum Gasteiger partial charge on any atom is -0.353 e. The van der Waals surface area contributed by atoms with Gasteiger partial charge in [-0.1, -0.05) is 27.7 Å². The molecule has 2 bridgehead atoms. The molecule has 0 aromatic carbocycles. The first-order valence-electron chi connectivity index (χ1n) is 6.92. The van der Waals surface area contributed by atoms with Crippen molar-refractivity contribution in [2.45, 2.75) is 71.5 Å². The normalized spacial score (nSPS) is 32.6. The van der Waals surface area contributed by atoms with Gasteiger partial charge in [0.1, 0.15) is 0 Å². The minimum atomic E-state index is 0. The zero-order valence-corrected chi connectivity index (χ0v) is 12.8. The van der Waals surface area contributed by atoms with Crippen molar-refractivity contribution in [1.29, 1.82) is 0 Å². The van der Waals surface area contributed by atoms with Crippen molar-refractivity contribution in [1.82, 2.24) is 10.6 Å². The van der Waals surface area contributed by atoms with Gasteiger partial charge in [0.25, 0.3) is 0 Å². The highest BCUT2D eigenvalue weighted by molar-refractivity contribution is 5.85. The molecule has 3 unspecified atom stereocenters. The number of carbonyl (C=O) groups is 1. The van der Waals surface area contributed by atoms with Crippen LogP contribution in [-0.4, -0.2) is 24.0 Å². The molecular weight excluding hydrogens is 248 g/mol. The number of nitrogens with one attached hydrogen (secondary N) is 2. The predicted molar refractivity (Wildman–Crippen MR) is 77.0 cm³/mol. The van der Waals surface area contributed by atoms with Gasteiger partial charge < -0.3 is 10.6 Å². The van der Waals surface area contributed by atoms with E-state index in [9.17, 15) is 4.79 Å². The summed E-state index contributed by atoms with van der Waals surface area (Å²) in [6.45, 7) is 8.42. The van der Waals surface area contributed by atoms with Crippen LogP contribution in [0.5, 0.6) is 0 Å². The van der Waals surface area contributed by atoms with E-state index in [1.807, 2.05) is 6.92 Å². The Bertz CT molecular complexity index is 289. The van der Waals surface area contributed by atoms with Crippen LogP contribution in [0.25, 0.3) is 0 Å². The van der Waals surface area contributed by atoms with Crippen molar-refractivity contribution in [2.75, 3.05) is 0 Å². The van der Waals surface area contributed by atoms with Gasteiger partial charge in [-0.2, -0.15) is 0 Å². The molecule has 0 spiro atoms. The summed E-state index contributed by atoms with van der Waals surface area (Å²) >= 11 is 0. The van der Waals surface area contributed by atoms with Crippen molar-refractivity contribution in [3.63, 3.8) is 0 Å². The summed E-state index contributed by atoms with van der Waals surface area (Å²) in [5, 5.41) is 6.85. The number of halogens is 1. The number of hydrogen-bond acceptors (Lipinski definition) is 2. The zero-order valence-electron chi connectivity index (χ0n) is 12.0. The molecule has 2 heterocycles. The largest absolute Gasteiger partial charge is 0.353 e. The molecule has 18 heavy (non-hydrogen) atoms. The first-order chi connectivity index (χ1) is 7.86. The Morgan fingerprint density at radius 1 is 1.22 bits per heavy atom. The Labute approximate surface area is 117 Å². The molecule has 0 saturated carbocycles. The third kappa shape index (κ3) is 3.61. The van der Waals surface area contributed by atoms with Gasteiger partial charge in [-0.05, 0) is 31.1 Å². The number of amides is 1. The van der Waals surface area contributed by atoms with Crippen LogP contribution in [-0.2, 0) is 4.79 Å². The molecule has 0 aliphatic carbocycles. The van der Waals surface area contributed by atoms with Crippen LogP contribution in [0.4, 0.5) is 0 Å². The van der Waals surface area contributed by atoms with E-state index in [-0.39, 0.29) is 29.6 Å². The molecule has 2 N–H and O–H groups in total. The summed E-state index contributed by atoms with van der Waals surface area (Å²) in [7, 11) is 0. The average molecular weight is 275 g/mol. The van der Waals surface area contributed by atoms with Crippen molar-refractivity contribution >= 4 is 18.3 Å². The average Bonchev–Trinajstić information content (AvgIpc) is 2.55. The number of rotatable bonds is 2. The van der Waals surface area contributed by atoms with Crippen LogP contribution >= 0.6 is 12.4 Å². The molecule has 4 heteroatoms. The van der Waals surface area contributed by atoms with Crippen LogP contribution in [0.2, 0.25) is 0 Å². The van der Waals surface area contributed by atoms with E-state index in [2.05, 4.69) is 31.4 Å². The van der Waals surface area contributed by atoms with Crippen LogP contribution in [0.15, 0.2) is 0 Å². The maximum atomic E-state index is 12.2. The summed E-state index contributed by atoms with van der Waals surface area (Å²) in [5.74, 6) is 0.304. The van der Waals surface area contributed by atoms with Gasteiger partial charge in [-0.15, -0.1) is 12.4 Å². The molecule has 2 saturated heterocycles. The lowest BCUT2D eigenvalue weighted by Crippen LogP contribution is -2.50. The third-order valence-electron chi connectivity index (χ3n) is 4.51. The molecule has 2 aliphatic heterocycles. The fraction of sp³-hybridized carbons (Fsp3) is 0.929. The standard InChI is InChI=1S/C14H26N2O.ClH/c1-9(14(2,3)4)13(17)16-12-7-10-5-6-11(8-12)15-10;/h9-12,15H,5-8H2,1-4H3,(H,16,17);1H. The Morgan fingerprint density at radius 2 is 1.72 bits per heavy atom. The monoisotopic (exact) mass is 274 g/mol. The second-order valence-corrected chi connectivity index (χ2v) is 6.90. The first-order valence-corrected chi connectivity index (χ1v) is 6.92. The molecule has 3 nitrogen and oxygen atoms in total. The maximum absolute atomic E-state index is 12.2. The summed E-state index contributed by atoms with van der Waals surface area (Å²) in [6, 6.07) is 1.68. The highest BCUT2D eigenvalue weighted by atomic mass is 35.5. The van der Waals surface area contributed by atoms with Gasteiger partial charge in [0, 0.05) is 24.0 Å². The Balaban J connectivity index is 0.00000162. The second-order valence-electron chi connectivity index (χ2n) is 6.90. The highest BCUT2D eigenvalue weighted by Crippen LogP contribution is 2.29. The molecular formula is C14H27ClN2O. The lowest BCUT2D eigenvalue weighted by molar-refractivity contribution is -0.128. The molecule has 0 radical (unpaired) electrons. The van der Waals surface area contributed by atoms with Crippen molar-refractivity contribution < 1.29 is 4.79 Å². The molecule has 3 atom stereocenters. The topological polar surface area (TPSA) is 41.1 Å². The molecule has 106 valence electrons. The predicted octanol–water partition coefficient (Wildman–Crippen LogP) is 2.49. The number of hydrogen-bond donors (Lipinski definition) is 2. The molecule has 0 aromatic heterocycles. The van der Waals surface area contributed by atoms with E-state index in [1.54, 1.807) is 0 Å². The fourth-order valence-electron chi connectivity index (χ4n) is 2.89. The van der Waals surface area contributed by atoms with Gasteiger partial charge in [0.05, 0.1) is 0 Å². The second kappa shape index (κ2) is 5.79. The molecule has 0 aromatic rings. The van der Waals surface area contributed by atoms with Gasteiger partial charge in [-0.3, -0.25) is 4.79 Å². The Kier molecular flexibility index (Phi) is 5.07. The Morgan fingerprint density at radius 3 is 2.17 bits per heavy atom. The van der Waals surface area contributed by atoms with Crippen molar-refractivity contribution in [2.24, 2.45) is 11.3 Å². The number of carbonyl (C=O) groups excluding carboxylic acids is 1. The SMILES string of the molecule is CC(C(=O)NC1CC2CCC(C1)N2)C(C)(C)C.Cl. The fourth-order valence-corrected chi connectivity index (χ4v) is 2.89. The van der Waals surface area contributed by atoms with Crippen LogP contribution in [0.3, 0.4) is 0 Å². The molecule has 1 amide bonds. The third-order valence-corrected chi connectivity index (χ3v) is 4.51. The quantitative estimate of drug-likeness (QED) is 0.812. The maximum Gasteiger partial charge on any atom is 0.223 e. The zero-order chi connectivity index (χ0) is 12.6. The first kappa shape index (κ1) is 15.8. The van der Waals surface area contributed by atoms with Crippen molar-refractivity contribution in [3.05, 3.63) is 0 Å². The summed E-state index contributed by atoms with van der Waals surface area (Å²) < 4.78 is 0. The summed E-state index contributed by atoms with van der Waals surface area (Å²) in [6.07, 6.45) is 4.79. The van der Waals surface area contributed by atoms with E-state index < -0.39 is 0 Å². The van der Waals surface area contributed by atoms with E-state index >= 15 is 0 Å². The van der Waals surface area contributed by atoms with Crippen LogP contribution < -0.4 is 10.6 Å². The van der Waals surface area contributed by atoms with Gasteiger partial charge in [-0.25, -0.2) is 0 Å². The van der Waals surface area contributed by atoms with Gasteiger partial charge in [0.15, 0.2) is 0 Å². The van der Waals surface area contributed by atoms with Crippen LogP contribution in [0, 0.1) is 11.3 Å². The lowest BCUT2D eigenvalue weighted by atomic mass is 9.81. The van der Waals surface area contributed by atoms with Crippen molar-refractivity contribution in [3.8, 4) is 0 Å². The van der Waals surface area contributed by atoms with Gasteiger partial charge >= 0.3 is 0 Å².